The highest BCUT2D eigenvalue weighted by Gasteiger charge is 2.21. The second-order valence-electron chi connectivity index (χ2n) is 7.18. The topological polar surface area (TPSA) is 151 Å². The molecule has 3 heterocycles. The molecule has 0 aliphatic heterocycles. The molecule has 10 nitrogen and oxygen atoms in total. The van der Waals surface area contributed by atoms with Crippen molar-refractivity contribution >= 4 is 44.3 Å². The molecule has 4 aromatic rings. The Morgan fingerprint density at radius 1 is 1.36 bits per heavy atom. The number of fused-ring (bicyclic) bond motifs is 2. The van der Waals surface area contributed by atoms with Crippen LogP contribution < -0.4 is 16.4 Å². The number of nitrogens with zero attached hydrogens (tertiary/aromatic N) is 4. The second kappa shape index (κ2) is 9.00. The van der Waals surface area contributed by atoms with Crippen LogP contribution in [0.25, 0.3) is 27.7 Å². The van der Waals surface area contributed by atoms with Crippen LogP contribution in [0, 0.1) is 5.82 Å². The lowest BCUT2D eigenvalue weighted by Crippen LogP contribution is -2.37. The molecule has 1 unspecified atom stereocenters. The minimum atomic E-state index is -0.654. The zero-order valence-electron chi connectivity index (χ0n) is 17.3. The molecule has 1 atom stereocenters. The summed E-state index contributed by atoms with van der Waals surface area (Å²) >= 11 is 3.41. The summed E-state index contributed by atoms with van der Waals surface area (Å²) in [5, 5.41) is 28.0. The fourth-order valence-corrected chi connectivity index (χ4v) is 3.91. The normalized spacial score (nSPS) is 12.8. The third-order valence-corrected chi connectivity index (χ3v) is 5.77. The molecule has 0 bridgehead atoms. The molecule has 2 amide bonds. The van der Waals surface area contributed by atoms with Crippen LogP contribution in [0.1, 0.15) is 18.7 Å². The fourth-order valence-electron chi connectivity index (χ4n) is 3.31. The van der Waals surface area contributed by atoms with Gasteiger partial charge in [-0.05, 0) is 47.1 Å². The molecular weight excluding hydrogens is 497 g/mol. The van der Waals surface area contributed by atoms with Gasteiger partial charge in [0, 0.05) is 22.7 Å². The van der Waals surface area contributed by atoms with Crippen LogP contribution in [0.5, 0.6) is 0 Å². The molecule has 4 rings (SSSR count). The van der Waals surface area contributed by atoms with Gasteiger partial charge in [0.25, 0.3) is 0 Å². The van der Waals surface area contributed by atoms with Crippen LogP contribution >= 0.6 is 15.9 Å². The van der Waals surface area contributed by atoms with Gasteiger partial charge >= 0.3 is 6.03 Å². The molecule has 12 heteroatoms. The number of aliphatic hydroxyl groups excluding tert-OH is 2. The Morgan fingerprint density at radius 3 is 2.88 bits per heavy atom. The highest BCUT2D eigenvalue weighted by molar-refractivity contribution is 9.10. The number of nitrogen functional groups attached to an aromatic ring is 1. The lowest BCUT2D eigenvalue weighted by Gasteiger charge is -2.17. The zero-order valence-corrected chi connectivity index (χ0v) is 18.8. The van der Waals surface area contributed by atoms with E-state index in [9.17, 15) is 9.18 Å². The molecule has 6 N–H and O–H groups in total. The van der Waals surface area contributed by atoms with E-state index >= 15 is 0 Å². The van der Waals surface area contributed by atoms with E-state index in [0.717, 1.165) is 0 Å². The SMILES string of the molecule is CC(NC(=O)N/C(=C/O)CO)c1nc2c(-c3cnc4ccc(F)cc4c3)cnn2c(N)c1Br. The average molecular weight is 516 g/mol. The van der Waals surface area contributed by atoms with Gasteiger partial charge in [-0.1, -0.05) is 0 Å². The molecule has 0 spiro atoms. The summed E-state index contributed by atoms with van der Waals surface area (Å²) in [6.45, 7) is 1.16. The van der Waals surface area contributed by atoms with Gasteiger partial charge in [0.05, 0.1) is 40.2 Å². The van der Waals surface area contributed by atoms with Gasteiger partial charge in [0.15, 0.2) is 5.65 Å². The highest BCUT2D eigenvalue weighted by atomic mass is 79.9. The van der Waals surface area contributed by atoms with Crippen LogP contribution in [0.3, 0.4) is 0 Å². The van der Waals surface area contributed by atoms with Crippen molar-refractivity contribution in [2.75, 3.05) is 12.3 Å². The summed E-state index contributed by atoms with van der Waals surface area (Å²) in [4.78, 5) is 21.2. The van der Waals surface area contributed by atoms with Crippen LogP contribution in [0.4, 0.5) is 15.0 Å². The molecule has 0 saturated carbocycles. The number of carbonyl (C=O) groups excluding carboxylic acids is 1. The number of urea groups is 1. The van der Waals surface area contributed by atoms with Crippen LogP contribution in [-0.4, -0.2) is 42.4 Å². The first-order valence-corrected chi connectivity index (χ1v) is 10.5. The Hall–Kier alpha value is -3.77. The van der Waals surface area contributed by atoms with Crippen LogP contribution in [0.2, 0.25) is 0 Å². The quantitative estimate of drug-likeness (QED) is 0.256. The van der Waals surface area contributed by atoms with Crippen molar-refractivity contribution in [3.63, 3.8) is 0 Å². The zero-order chi connectivity index (χ0) is 23.7. The first-order chi connectivity index (χ1) is 15.8. The van der Waals surface area contributed by atoms with E-state index in [-0.39, 0.29) is 17.3 Å². The summed E-state index contributed by atoms with van der Waals surface area (Å²) in [7, 11) is 0. The van der Waals surface area contributed by atoms with E-state index in [1.807, 2.05) is 0 Å². The van der Waals surface area contributed by atoms with E-state index in [2.05, 4.69) is 41.6 Å². The van der Waals surface area contributed by atoms with E-state index in [1.54, 1.807) is 31.5 Å². The smallest absolute Gasteiger partial charge is 0.319 e. The first kappa shape index (κ1) is 22.4. The number of pyridine rings is 1. The number of rotatable bonds is 5. The number of anilines is 1. The monoisotopic (exact) mass is 515 g/mol. The number of hydrogen-bond acceptors (Lipinski definition) is 7. The highest BCUT2D eigenvalue weighted by Crippen LogP contribution is 2.33. The molecule has 3 aromatic heterocycles. The van der Waals surface area contributed by atoms with Crippen molar-refractivity contribution < 1.29 is 19.4 Å². The van der Waals surface area contributed by atoms with Crippen molar-refractivity contribution in [2.45, 2.75) is 13.0 Å². The Kier molecular flexibility index (Phi) is 6.11. The second-order valence-corrected chi connectivity index (χ2v) is 7.98. The molecule has 0 radical (unpaired) electrons. The van der Waals surface area contributed by atoms with Crippen LogP contribution in [-0.2, 0) is 0 Å². The molecule has 1 aromatic carbocycles. The van der Waals surface area contributed by atoms with Gasteiger partial charge in [-0.2, -0.15) is 9.61 Å². The van der Waals surface area contributed by atoms with Crippen molar-refractivity contribution in [3.05, 3.63) is 64.6 Å². The summed E-state index contributed by atoms with van der Waals surface area (Å²) in [6.07, 6.45) is 3.83. The number of nitrogens with two attached hydrogens (primary N) is 1. The van der Waals surface area contributed by atoms with E-state index in [4.69, 9.17) is 15.9 Å². The van der Waals surface area contributed by atoms with Gasteiger partial charge in [0.2, 0.25) is 0 Å². The van der Waals surface area contributed by atoms with Crippen LogP contribution in [0.15, 0.2) is 53.1 Å². The Labute approximate surface area is 195 Å². The van der Waals surface area contributed by atoms with Crippen molar-refractivity contribution in [2.24, 2.45) is 0 Å². The number of amides is 2. The average Bonchev–Trinajstić information content (AvgIpc) is 3.23. The number of carbonyl (C=O) groups is 1. The summed E-state index contributed by atoms with van der Waals surface area (Å²) in [6, 6.07) is 4.86. The largest absolute Gasteiger partial charge is 0.514 e. The number of aromatic nitrogens is 4. The molecule has 170 valence electrons. The predicted molar refractivity (Wildman–Crippen MR) is 124 cm³/mol. The van der Waals surface area contributed by atoms with Crippen molar-refractivity contribution in [1.29, 1.82) is 0 Å². The third-order valence-electron chi connectivity index (χ3n) is 4.96. The number of hydrogen-bond donors (Lipinski definition) is 5. The lowest BCUT2D eigenvalue weighted by molar-refractivity contribution is 0.236. The minimum absolute atomic E-state index is 0.0694. The number of aliphatic hydroxyl groups is 2. The number of halogens is 2. The van der Waals surface area contributed by atoms with E-state index < -0.39 is 18.7 Å². The van der Waals surface area contributed by atoms with E-state index in [0.29, 0.717) is 44.1 Å². The van der Waals surface area contributed by atoms with E-state index in [1.165, 1.54) is 16.6 Å². The lowest BCUT2D eigenvalue weighted by atomic mass is 10.1. The molecule has 0 aliphatic rings. The molecular formula is C21H19BrFN7O3. The first-order valence-electron chi connectivity index (χ1n) is 9.72. The fraction of sp³-hybridized carbons (Fsp3) is 0.143. The summed E-state index contributed by atoms with van der Waals surface area (Å²) in [5.74, 6) is -0.102. The number of benzene rings is 1. The van der Waals surface area contributed by atoms with Gasteiger partial charge in [-0.25, -0.2) is 14.2 Å². The maximum atomic E-state index is 13.7. The van der Waals surface area contributed by atoms with Crippen molar-refractivity contribution in [3.8, 4) is 11.1 Å². The Bertz CT molecular complexity index is 1410. The molecule has 0 saturated heterocycles. The van der Waals surface area contributed by atoms with Gasteiger partial charge in [-0.3, -0.25) is 4.98 Å². The van der Waals surface area contributed by atoms with Gasteiger partial charge < -0.3 is 26.6 Å². The van der Waals surface area contributed by atoms with Crippen molar-refractivity contribution in [1.82, 2.24) is 30.2 Å². The maximum Gasteiger partial charge on any atom is 0.319 e. The van der Waals surface area contributed by atoms with Gasteiger partial charge in [-0.15, -0.1) is 0 Å². The number of nitrogens with one attached hydrogen (secondary N) is 2. The summed E-state index contributed by atoms with van der Waals surface area (Å²) < 4.78 is 15.6. The summed E-state index contributed by atoms with van der Waals surface area (Å²) in [5.41, 5.74) is 8.97. The molecule has 0 aliphatic carbocycles. The minimum Gasteiger partial charge on any atom is -0.514 e. The molecule has 33 heavy (non-hydrogen) atoms. The standard InChI is InChI=1S/C21H19BrFN7O3/c1-10(27-21(33)28-14(8-31)9-32)18-17(22)19(24)30-20(29-18)15(7-26-30)12-4-11-5-13(23)2-3-16(11)25-6-12/h2-8,10,31-32H,9,24H2,1H3,(H2,27,28,33)/b14-8+. The third kappa shape index (κ3) is 4.30. The Morgan fingerprint density at radius 2 is 2.15 bits per heavy atom. The Balaban J connectivity index is 1.74. The predicted octanol–water partition coefficient (Wildman–Crippen LogP) is 3.18. The molecule has 0 fully saturated rings. The van der Waals surface area contributed by atoms with Gasteiger partial charge in [0.1, 0.15) is 17.9 Å². The maximum absolute atomic E-state index is 13.7.